The lowest BCUT2D eigenvalue weighted by molar-refractivity contribution is -0.131. The SMILES string of the molecule is COc1ccc(CC(=O)N2CCC(NS(=O)(=O)c3ccc(C(C)(C)C)cc3)CC2)cc1. The van der Waals surface area contributed by atoms with Gasteiger partial charge in [-0.2, -0.15) is 0 Å². The van der Waals surface area contributed by atoms with E-state index in [1.165, 1.54) is 0 Å². The lowest BCUT2D eigenvalue weighted by Crippen LogP contribution is -2.46. The van der Waals surface area contributed by atoms with Gasteiger partial charge in [-0.05, 0) is 53.6 Å². The third-order valence-electron chi connectivity index (χ3n) is 5.71. The molecule has 0 aromatic heterocycles. The predicted octanol–water partition coefficient (Wildman–Crippen LogP) is 3.50. The first-order chi connectivity index (χ1) is 14.6. The Labute approximate surface area is 185 Å². The number of carbonyl (C=O) groups excluding carboxylic acids is 1. The number of hydrogen-bond acceptors (Lipinski definition) is 4. The Morgan fingerprint density at radius 2 is 1.61 bits per heavy atom. The number of hydrogen-bond donors (Lipinski definition) is 1. The summed E-state index contributed by atoms with van der Waals surface area (Å²) in [5, 5.41) is 0. The molecule has 6 nitrogen and oxygen atoms in total. The molecule has 3 rings (SSSR count). The van der Waals surface area contributed by atoms with Gasteiger partial charge in [0.1, 0.15) is 5.75 Å². The smallest absolute Gasteiger partial charge is 0.240 e. The second-order valence-corrected chi connectivity index (χ2v) is 10.8. The molecule has 2 aromatic rings. The van der Waals surface area contributed by atoms with Gasteiger partial charge in [0.05, 0.1) is 18.4 Å². The topological polar surface area (TPSA) is 75.7 Å². The number of carbonyl (C=O) groups is 1. The van der Waals surface area contributed by atoms with Crippen LogP contribution in [0, 0.1) is 0 Å². The number of likely N-dealkylation sites (tertiary alicyclic amines) is 1. The molecule has 7 heteroatoms. The molecule has 0 radical (unpaired) electrons. The van der Waals surface area contributed by atoms with Gasteiger partial charge >= 0.3 is 0 Å². The number of sulfonamides is 1. The Bertz CT molecular complexity index is 985. The van der Waals surface area contributed by atoms with E-state index in [1.807, 2.05) is 41.3 Å². The molecule has 31 heavy (non-hydrogen) atoms. The number of nitrogens with zero attached hydrogens (tertiary/aromatic N) is 1. The molecule has 168 valence electrons. The van der Waals surface area contributed by atoms with Crippen molar-refractivity contribution in [3.8, 4) is 5.75 Å². The third kappa shape index (κ3) is 6.08. The first kappa shape index (κ1) is 23.3. The molecule has 0 saturated carbocycles. The molecule has 0 aliphatic carbocycles. The summed E-state index contributed by atoms with van der Waals surface area (Å²) in [6.45, 7) is 7.38. The highest BCUT2D eigenvalue weighted by molar-refractivity contribution is 7.89. The van der Waals surface area contributed by atoms with E-state index in [2.05, 4.69) is 25.5 Å². The fraction of sp³-hybridized carbons (Fsp3) is 0.458. The Hall–Kier alpha value is -2.38. The zero-order valence-electron chi connectivity index (χ0n) is 18.7. The highest BCUT2D eigenvalue weighted by atomic mass is 32.2. The summed E-state index contributed by atoms with van der Waals surface area (Å²) < 4.78 is 33.5. The Balaban J connectivity index is 1.53. The van der Waals surface area contributed by atoms with Crippen LogP contribution in [0.25, 0.3) is 0 Å². The van der Waals surface area contributed by atoms with Gasteiger partial charge < -0.3 is 9.64 Å². The number of piperidine rings is 1. The highest BCUT2D eigenvalue weighted by Crippen LogP contribution is 2.24. The maximum atomic E-state index is 12.8. The number of methoxy groups -OCH3 is 1. The number of nitrogens with one attached hydrogen (secondary N) is 1. The molecule has 0 bridgehead atoms. The van der Waals surface area contributed by atoms with Crippen molar-refractivity contribution in [1.82, 2.24) is 9.62 Å². The lowest BCUT2D eigenvalue weighted by Gasteiger charge is -2.32. The minimum absolute atomic E-state index is 0.0269. The molecule has 1 aliphatic heterocycles. The Morgan fingerprint density at radius 1 is 1.03 bits per heavy atom. The van der Waals surface area contributed by atoms with Crippen LogP contribution in [0.3, 0.4) is 0 Å². The Morgan fingerprint density at radius 3 is 2.13 bits per heavy atom. The average Bonchev–Trinajstić information content (AvgIpc) is 2.74. The number of ether oxygens (including phenoxy) is 1. The molecule has 1 amide bonds. The van der Waals surface area contributed by atoms with E-state index in [-0.39, 0.29) is 22.3 Å². The molecular weight excluding hydrogens is 412 g/mol. The van der Waals surface area contributed by atoms with Gasteiger partial charge in [0.2, 0.25) is 15.9 Å². The molecule has 1 N–H and O–H groups in total. The number of benzene rings is 2. The van der Waals surface area contributed by atoms with Crippen molar-refractivity contribution in [2.75, 3.05) is 20.2 Å². The number of amides is 1. The first-order valence-electron chi connectivity index (χ1n) is 10.6. The molecule has 0 spiro atoms. The quantitative estimate of drug-likeness (QED) is 0.740. The van der Waals surface area contributed by atoms with Crippen LogP contribution in [-0.4, -0.2) is 45.5 Å². The zero-order chi connectivity index (χ0) is 22.6. The molecule has 0 atom stereocenters. The van der Waals surface area contributed by atoms with Crippen LogP contribution in [-0.2, 0) is 26.7 Å². The maximum absolute atomic E-state index is 12.8. The van der Waals surface area contributed by atoms with Crippen LogP contribution in [0.4, 0.5) is 0 Å². The minimum atomic E-state index is -3.58. The molecular formula is C24H32N2O4S. The largest absolute Gasteiger partial charge is 0.497 e. The van der Waals surface area contributed by atoms with E-state index in [4.69, 9.17) is 4.74 Å². The normalized spacial score (nSPS) is 15.7. The summed E-state index contributed by atoms with van der Waals surface area (Å²) in [5.74, 6) is 0.821. The van der Waals surface area contributed by atoms with E-state index in [9.17, 15) is 13.2 Å². The van der Waals surface area contributed by atoms with Gasteiger partial charge in [0, 0.05) is 19.1 Å². The van der Waals surface area contributed by atoms with Gasteiger partial charge in [-0.1, -0.05) is 45.0 Å². The fourth-order valence-electron chi connectivity index (χ4n) is 3.70. The van der Waals surface area contributed by atoms with Gasteiger partial charge in [-0.25, -0.2) is 13.1 Å². The van der Waals surface area contributed by atoms with Crippen molar-refractivity contribution in [2.45, 2.75) is 56.4 Å². The van der Waals surface area contributed by atoms with E-state index >= 15 is 0 Å². The molecule has 1 fully saturated rings. The van der Waals surface area contributed by atoms with Crippen molar-refractivity contribution < 1.29 is 17.9 Å². The van der Waals surface area contributed by atoms with Crippen molar-refractivity contribution >= 4 is 15.9 Å². The fourth-order valence-corrected chi connectivity index (χ4v) is 5.00. The van der Waals surface area contributed by atoms with Gasteiger partial charge in [-0.15, -0.1) is 0 Å². The first-order valence-corrected chi connectivity index (χ1v) is 12.1. The summed E-state index contributed by atoms with van der Waals surface area (Å²) in [6, 6.07) is 14.4. The second-order valence-electron chi connectivity index (χ2n) is 9.08. The van der Waals surface area contributed by atoms with Gasteiger partial charge in [0.25, 0.3) is 0 Å². The monoisotopic (exact) mass is 444 g/mol. The van der Waals surface area contributed by atoms with Crippen LogP contribution in [0.5, 0.6) is 5.75 Å². The molecule has 0 unspecified atom stereocenters. The predicted molar refractivity (Wildman–Crippen MR) is 122 cm³/mol. The minimum Gasteiger partial charge on any atom is -0.497 e. The highest BCUT2D eigenvalue weighted by Gasteiger charge is 2.27. The van der Waals surface area contributed by atoms with Gasteiger partial charge in [-0.3, -0.25) is 4.79 Å². The average molecular weight is 445 g/mol. The van der Waals surface area contributed by atoms with Crippen LogP contribution in [0.15, 0.2) is 53.4 Å². The van der Waals surface area contributed by atoms with Crippen LogP contribution in [0.2, 0.25) is 0 Å². The van der Waals surface area contributed by atoms with Crippen LogP contribution < -0.4 is 9.46 Å². The summed E-state index contributed by atoms with van der Waals surface area (Å²) in [6.07, 6.45) is 1.54. The van der Waals surface area contributed by atoms with Crippen molar-refractivity contribution in [3.63, 3.8) is 0 Å². The van der Waals surface area contributed by atoms with E-state index < -0.39 is 10.0 Å². The number of rotatable bonds is 6. The van der Waals surface area contributed by atoms with Crippen molar-refractivity contribution in [1.29, 1.82) is 0 Å². The summed E-state index contributed by atoms with van der Waals surface area (Å²) in [5.41, 5.74) is 2.00. The molecule has 1 saturated heterocycles. The van der Waals surface area contributed by atoms with E-state index in [0.717, 1.165) is 16.9 Å². The van der Waals surface area contributed by atoms with E-state index in [1.54, 1.807) is 19.2 Å². The van der Waals surface area contributed by atoms with Crippen LogP contribution in [0.1, 0.15) is 44.7 Å². The zero-order valence-corrected chi connectivity index (χ0v) is 19.5. The molecule has 1 heterocycles. The summed E-state index contributed by atoms with van der Waals surface area (Å²) in [7, 11) is -1.97. The van der Waals surface area contributed by atoms with Gasteiger partial charge in [0.15, 0.2) is 0 Å². The maximum Gasteiger partial charge on any atom is 0.240 e. The van der Waals surface area contributed by atoms with Crippen molar-refractivity contribution in [2.24, 2.45) is 0 Å². The standard InChI is InChI=1S/C24H32N2O4S/c1-24(2,3)19-7-11-22(12-8-19)31(28,29)25-20-13-15-26(16-14-20)23(27)17-18-5-9-21(30-4)10-6-18/h5-12,20,25H,13-17H2,1-4H3. The summed E-state index contributed by atoms with van der Waals surface area (Å²) in [4.78, 5) is 14.7. The van der Waals surface area contributed by atoms with Crippen molar-refractivity contribution in [3.05, 3.63) is 59.7 Å². The molecule has 1 aliphatic rings. The Kier molecular flexibility index (Phi) is 7.06. The van der Waals surface area contributed by atoms with Crippen LogP contribution >= 0.6 is 0 Å². The molecule has 2 aromatic carbocycles. The lowest BCUT2D eigenvalue weighted by atomic mass is 9.87. The third-order valence-corrected chi connectivity index (χ3v) is 7.25. The summed E-state index contributed by atoms with van der Waals surface area (Å²) >= 11 is 0. The van der Waals surface area contributed by atoms with E-state index in [0.29, 0.717) is 32.4 Å². The second kappa shape index (κ2) is 9.40.